The quantitative estimate of drug-likeness (QED) is 0.264. The number of hydrogen-bond donors (Lipinski definition) is 0. The van der Waals surface area contributed by atoms with E-state index in [2.05, 4.69) is 34.6 Å². The lowest BCUT2D eigenvalue weighted by molar-refractivity contribution is 0.0655. The number of aryl methyl sites for hydroxylation is 1. The number of rotatable bonds is 7. The topological polar surface area (TPSA) is 64.4 Å². The highest BCUT2D eigenvalue weighted by Crippen LogP contribution is 2.30. The summed E-state index contributed by atoms with van der Waals surface area (Å²) in [6, 6.07) is 20.4. The minimum Gasteiger partial charge on any atom is -0.495 e. The SMILES string of the molecule is COc1ccc(C)cc1-n1c(C(C)N(CC(C)C)C(=O)c2ccc(C(C)(C)C)cc2)nc2ccccc2c1=O. The molecule has 1 atom stereocenters. The predicted molar refractivity (Wildman–Crippen MR) is 158 cm³/mol. The van der Waals surface area contributed by atoms with Gasteiger partial charge in [-0.3, -0.25) is 14.2 Å². The number of amides is 1. The zero-order valence-electron chi connectivity index (χ0n) is 24.3. The molecule has 0 aliphatic carbocycles. The van der Waals surface area contributed by atoms with Crippen molar-refractivity contribution in [3.8, 4) is 11.4 Å². The number of aromatic nitrogens is 2. The molecule has 0 saturated heterocycles. The fourth-order valence-corrected chi connectivity index (χ4v) is 4.87. The number of nitrogens with zero attached hydrogens (tertiary/aromatic N) is 3. The molecule has 0 bridgehead atoms. The molecule has 4 rings (SSSR count). The fraction of sp³-hybridized carbons (Fsp3) is 0.364. The first kappa shape index (κ1) is 28.1. The average Bonchev–Trinajstić information content (AvgIpc) is 2.90. The van der Waals surface area contributed by atoms with Crippen molar-refractivity contribution in [2.24, 2.45) is 5.92 Å². The summed E-state index contributed by atoms with van der Waals surface area (Å²) in [4.78, 5) is 34.8. The van der Waals surface area contributed by atoms with Crippen LogP contribution in [0.1, 0.15) is 74.9 Å². The molecular weight excluding hydrogens is 486 g/mol. The van der Waals surface area contributed by atoms with Crippen LogP contribution in [0.5, 0.6) is 5.75 Å². The Morgan fingerprint density at radius 3 is 2.28 bits per heavy atom. The monoisotopic (exact) mass is 525 g/mol. The van der Waals surface area contributed by atoms with Crippen LogP contribution in [0.4, 0.5) is 0 Å². The Morgan fingerprint density at radius 2 is 1.67 bits per heavy atom. The zero-order chi connectivity index (χ0) is 28.5. The van der Waals surface area contributed by atoms with Crippen LogP contribution in [-0.4, -0.2) is 34.0 Å². The highest BCUT2D eigenvalue weighted by Gasteiger charge is 2.29. The van der Waals surface area contributed by atoms with Crippen molar-refractivity contribution >= 4 is 16.8 Å². The van der Waals surface area contributed by atoms with E-state index in [0.717, 1.165) is 5.56 Å². The number of ether oxygens (including phenoxy) is 1. The van der Waals surface area contributed by atoms with Crippen molar-refractivity contribution in [1.29, 1.82) is 0 Å². The van der Waals surface area contributed by atoms with E-state index >= 15 is 0 Å². The van der Waals surface area contributed by atoms with E-state index < -0.39 is 6.04 Å². The lowest BCUT2D eigenvalue weighted by atomic mass is 9.86. The van der Waals surface area contributed by atoms with Crippen LogP contribution in [0.15, 0.2) is 71.5 Å². The van der Waals surface area contributed by atoms with Gasteiger partial charge in [0.25, 0.3) is 11.5 Å². The van der Waals surface area contributed by atoms with Gasteiger partial charge in [-0.15, -0.1) is 0 Å². The summed E-state index contributed by atoms with van der Waals surface area (Å²) in [5, 5.41) is 0.511. The third kappa shape index (κ3) is 5.75. The molecule has 0 fully saturated rings. The molecule has 3 aromatic carbocycles. The smallest absolute Gasteiger partial charge is 0.266 e. The van der Waals surface area contributed by atoms with Crippen LogP contribution in [-0.2, 0) is 5.41 Å². The van der Waals surface area contributed by atoms with Crippen LogP contribution in [0.2, 0.25) is 0 Å². The van der Waals surface area contributed by atoms with E-state index in [1.54, 1.807) is 17.7 Å². The molecule has 204 valence electrons. The maximum Gasteiger partial charge on any atom is 0.266 e. The summed E-state index contributed by atoms with van der Waals surface area (Å²) in [6.45, 7) is 15.1. The number of hydrogen-bond acceptors (Lipinski definition) is 4. The fourth-order valence-electron chi connectivity index (χ4n) is 4.87. The van der Waals surface area contributed by atoms with Crippen LogP contribution >= 0.6 is 0 Å². The summed E-state index contributed by atoms with van der Waals surface area (Å²) in [6.07, 6.45) is 0. The first-order chi connectivity index (χ1) is 18.4. The number of fused-ring (bicyclic) bond motifs is 1. The number of carbonyl (C=O) groups excluding carboxylic acids is 1. The number of para-hydroxylation sites is 1. The molecule has 0 aliphatic heterocycles. The van der Waals surface area contributed by atoms with Gasteiger partial charge in [-0.05, 0) is 72.7 Å². The van der Waals surface area contributed by atoms with Gasteiger partial charge in [0.2, 0.25) is 0 Å². The van der Waals surface area contributed by atoms with E-state index in [1.807, 2.05) is 79.4 Å². The average molecular weight is 526 g/mol. The van der Waals surface area contributed by atoms with Gasteiger partial charge in [-0.25, -0.2) is 4.98 Å². The number of methoxy groups -OCH3 is 1. The lowest BCUT2D eigenvalue weighted by Crippen LogP contribution is -2.39. The lowest BCUT2D eigenvalue weighted by Gasteiger charge is -2.32. The third-order valence-corrected chi connectivity index (χ3v) is 7.04. The van der Waals surface area contributed by atoms with Crippen molar-refractivity contribution in [3.05, 3.63) is 99.6 Å². The maximum atomic E-state index is 14.0. The normalized spacial score (nSPS) is 12.5. The molecule has 1 unspecified atom stereocenters. The summed E-state index contributed by atoms with van der Waals surface area (Å²) < 4.78 is 7.28. The Morgan fingerprint density at radius 1 is 1.00 bits per heavy atom. The first-order valence-corrected chi connectivity index (χ1v) is 13.5. The Kier molecular flexibility index (Phi) is 7.96. The molecule has 6 heteroatoms. The van der Waals surface area contributed by atoms with Gasteiger partial charge >= 0.3 is 0 Å². The van der Waals surface area contributed by atoms with E-state index in [9.17, 15) is 9.59 Å². The maximum absolute atomic E-state index is 14.0. The Balaban J connectivity index is 1.91. The molecule has 39 heavy (non-hydrogen) atoms. The summed E-state index contributed by atoms with van der Waals surface area (Å²) >= 11 is 0. The van der Waals surface area contributed by atoms with E-state index in [-0.39, 0.29) is 22.8 Å². The van der Waals surface area contributed by atoms with E-state index in [1.165, 1.54) is 5.56 Å². The van der Waals surface area contributed by atoms with Crippen molar-refractivity contribution in [1.82, 2.24) is 14.5 Å². The molecule has 4 aromatic rings. The largest absolute Gasteiger partial charge is 0.495 e. The van der Waals surface area contributed by atoms with Gasteiger partial charge in [0, 0.05) is 12.1 Å². The van der Waals surface area contributed by atoms with Gasteiger partial charge in [0.15, 0.2) is 0 Å². The highest BCUT2D eigenvalue weighted by molar-refractivity contribution is 5.94. The van der Waals surface area contributed by atoms with Crippen LogP contribution < -0.4 is 10.3 Å². The van der Waals surface area contributed by atoms with Gasteiger partial charge < -0.3 is 9.64 Å². The number of carbonyl (C=O) groups is 1. The predicted octanol–water partition coefficient (Wildman–Crippen LogP) is 6.86. The molecule has 0 aliphatic rings. The molecule has 0 N–H and O–H groups in total. The zero-order valence-corrected chi connectivity index (χ0v) is 24.3. The number of benzene rings is 3. The van der Waals surface area contributed by atoms with Crippen LogP contribution in [0, 0.1) is 12.8 Å². The van der Waals surface area contributed by atoms with Gasteiger partial charge in [0.05, 0.1) is 29.7 Å². The van der Waals surface area contributed by atoms with Crippen molar-refractivity contribution in [2.45, 2.75) is 59.9 Å². The van der Waals surface area contributed by atoms with Gasteiger partial charge in [0.1, 0.15) is 11.6 Å². The molecule has 0 radical (unpaired) electrons. The molecule has 0 saturated carbocycles. The molecular formula is C33H39N3O3. The minimum atomic E-state index is -0.496. The van der Waals surface area contributed by atoms with E-state index in [4.69, 9.17) is 9.72 Å². The molecule has 0 spiro atoms. The summed E-state index contributed by atoms with van der Waals surface area (Å²) in [5.74, 6) is 1.16. The van der Waals surface area contributed by atoms with Gasteiger partial charge in [-0.2, -0.15) is 0 Å². The van der Waals surface area contributed by atoms with Crippen molar-refractivity contribution in [2.75, 3.05) is 13.7 Å². The second kappa shape index (κ2) is 11.0. The first-order valence-electron chi connectivity index (χ1n) is 13.5. The van der Waals surface area contributed by atoms with E-state index in [0.29, 0.717) is 40.3 Å². The van der Waals surface area contributed by atoms with Crippen LogP contribution in [0.3, 0.4) is 0 Å². The Labute approximate surface area is 231 Å². The standard InChI is InChI=1S/C33H39N3O3/c1-21(2)20-35(31(37)24-14-16-25(17-15-24)33(5,6)7)23(4)30-34-27-12-10-9-11-26(27)32(38)36(30)28-19-22(3)13-18-29(28)39-8/h9-19,21,23H,20H2,1-8H3. The summed E-state index contributed by atoms with van der Waals surface area (Å²) in [5.41, 5.74) is 3.76. The Bertz CT molecular complexity index is 1550. The van der Waals surface area contributed by atoms with Gasteiger partial charge in [-0.1, -0.05) is 65.0 Å². The third-order valence-electron chi connectivity index (χ3n) is 7.04. The second-order valence-corrected chi connectivity index (χ2v) is 11.7. The van der Waals surface area contributed by atoms with Crippen LogP contribution in [0.25, 0.3) is 16.6 Å². The summed E-state index contributed by atoms with van der Waals surface area (Å²) in [7, 11) is 1.59. The minimum absolute atomic E-state index is 0.00948. The van der Waals surface area contributed by atoms with Crippen molar-refractivity contribution in [3.63, 3.8) is 0 Å². The second-order valence-electron chi connectivity index (χ2n) is 11.7. The molecule has 6 nitrogen and oxygen atoms in total. The highest BCUT2D eigenvalue weighted by atomic mass is 16.5. The molecule has 1 aromatic heterocycles. The molecule has 1 heterocycles. The van der Waals surface area contributed by atoms with Crippen molar-refractivity contribution < 1.29 is 9.53 Å². The Hall–Kier alpha value is -3.93. The molecule has 1 amide bonds.